The Kier molecular flexibility index (Phi) is 5.57. The molecule has 1 aromatic rings. The number of thiazole rings is 1. The number of carboxylic acids is 1. The van der Waals surface area contributed by atoms with Crippen LogP contribution in [0.25, 0.3) is 0 Å². The predicted molar refractivity (Wildman–Crippen MR) is 68.6 cm³/mol. The number of aliphatic carboxylic acids is 1. The first-order valence-corrected chi connectivity index (χ1v) is 6.50. The summed E-state index contributed by atoms with van der Waals surface area (Å²) in [5.41, 5.74) is 0. The van der Waals surface area contributed by atoms with Crippen LogP contribution in [0.5, 0.6) is 0 Å². The number of nitrogens with one attached hydrogen (secondary N) is 1. The van der Waals surface area contributed by atoms with Crippen molar-refractivity contribution in [1.29, 1.82) is 0 Å². The zero-order chi connectivity index (χ0) is 13.5. The maximum atomic E-state index is 11.8. The summed E-state index contributed by atoms with van der Waals surface area (Å²) in [6, 6.07) is -0.246. The monoisotopic (exact) mass is 271 g/mol. The zero-order valence-corrected chi connectivity index (χ0v) is 11.3. The van der Waals surface area contributed by atoms with Gasteiger partial charge >= 0.3 is 12.0 Å². The fourth-order valence-corrected chi connectivity index (χ4v) is 2.13. The van der Waals surface area contributed by atoms with Crippen molar-refractivity contribution in [3.63, 3.8) is 0 Å². The van der Waals surface area contributed by atoms with E-state index < -0.39 is 5.97 Å². The van der Waals surface area contributed by atoms with Crippen molar-refractivity contribution in [2.45, 2.75) is 26.8 Å². The topological polar surface area (TPSA) is 82.5 Å². The first kappa shape index (κ1) is 14.4. The molecule has 0 atom stereocenters. The van der Waals surface area contributed by atoms with Gasteiger partial charge in [-0.25, -0.2) is 9.78 Å². The number of urea groups is 1. The van der Waals surface area contributed by atoms with Crippen LogP contribution >= 0.6 is 11.3 Å². The van der Waals surface area contributed by atoms with Crippen molar-refractivity contribution in [1.82, 2.24) is 15.2 Å². The summed E-state index contributed by atoms with van der Waals surface area (Å²) >= 11 is 1.53. The van der Waals surface area contributed by atoms with E-state index in [1.807, 2.05) is 13.8 Å². The van der Waals surface area contributed by atoms with Crippen LogP contribution in [0.2, 0.25) is 0 Å². The Balaban J connectivity index is 2.39. The minimum Gasteiger partial charge on any atom is -0.481 e. The van der Waals surface area contributed by atoms with Gasteiger partial charge in [-0.05, 0) is 13.8 Å². The molecule has 0 saturated carbocycles. The van der Waals surface area contributed by atoms with Gasteiger partial charge in [0.1, 0.15) is 0 Å². The maximum absolute atomic E-state index is 11.8. The maximum Gasteiger partial charge on any atom is 0.317 e. The lowest BCUT2D eigenvalue weighted by Crippen LogP contribution is -2.40. The third-order valence-electron chi connectivity index (χ3n) is 2.35. The minimum atomic E-state index is -0.903. The van der Waals surface area contributed by atoms with Crippen molar-refractivity contribution in [3.05, 3.63) is 16.1 Å². The Morgan fingerprint density at radius 2 is 2.28 bits per heavy atom. The molecule has 0 radical (unpaired) electrons. The lowest BCUT2D eigenvalue weighted by Gasteiger charge is -2.20. The van der Waals surface area contributed by atoms with Crippen LogP contribution in [-0.2, 0) is 11.3 Å². The van der Waals surface area contributed by atoms with Gasteiger partial charge in [-0.3, -0.25) is 4.79 Å². The van der Waals surface area contributed by atoms with Crippen LogP contribution in [0, 0.1) is 6.92 Å². The van der Waals surface area contributed by atoms with E-state index in [0.29, 0.717) is 13.1 Å². The molecule has 0 aliphatic carbocycles. The van der Waals surface area contributed by atoms with Gasteiger partial charge in [0.15, 0.2) is 0 Å². The smallest absolute Gasteiger partial charge is 0.317 e. The number of carbonyl (C=O) groups is 2. The molecule has 0 aliphatic heterocycles. The molecular weight excluding hydrogens is 254 g/mol. The van der Waals surface area contributed by atoms with Crippen LogP contribution in [0.15, 0.2) is 6.20 Å². The van der Waals surface area contributed by atoms with Crippen LogP contribution in [-0.4, -0.2) is 40.1 Å². The minimum absolute atomic E-state index is 0.0407. The molecule has 0 aliphatic rings. The highest BCUT2D eigenvalue weighted by Crippen LogP contribution is 2.10. The molecule has 1 rings (SSSR count). The van der Waals surface area contributed by atoms with Gasteiger partial charge in [-0.1, -0.05) is 0 Å². The molecule has 2 N–H and O–H groups in total. The van der Waals surface area contributed by atoms with Gasteiger partial charge < -0.3 is 15.3 Å². The Bertz CT molecular complexity index is 419. The fourth-order valence-electron chi connectivity index (χ4n) is 1.40. The molecule has 0 saturated heterocycles. The zero-order valence-electron chi connectivity index (χ0n) is 10.5. The standard InChI is InChI=1S/C11H17N3O3S/c1-3-14(5-4-10(15)16)11(17)13-7-9-6-12-8(2)18-9/h6H,3-5,7H2,1-2H3,(H,13,17)(H,15,16). The van der Waals surface area contributed by atoms with Gasteiger partial charge in [0.2, 0.25) is 0 Å². The summed E-state index contributed by atoms with van der Waals surface area (Å²) < 4.78 is 0. The van der Waals surface area contributed by atoms with Crippen LogP contribution in [0.3, 0.4) is 0 Å². The van der Waals surface area contributed by atoms with Crippen LogP contribution < -0.4 is 5.32 Å². The average Bonchev–Trinajstić information content (AvgIpc) is 2.73. The molecule has 7 heteroatoms. The highest BCUT2D eigenvalue weighted by molar-refractivity contribution is 7.11. The molecule has 100 valence electrons. The Morgan fingerprint density at radius 1 is 1.56 bits per heavy atom. The third kappa shape index (κ3) is 4.70. The van der Waals surface area contributed by atoms with E-state index >= 15 is 0 Å². The van der Waals surface area contributed by atoms with E-state index in [9.17, 15) is 9.59 Å². The van der Waals surface area contributed by atoms with Crippen molar-refractivity contribution < 1.29 is 14.7 Å². The Labute approximate surface area is 110 Å². The van der Waals surface area contributed by atoms with Crippen molar-refractivity contribution >= 4 is 23.3 Å². The summed E-state index contributed by atoms with van der Waals surface area (Å²) in [7, 11) is 0. The van der Waals surface area contributed by atoms with Crippen molar-refractivity contribution in [2.24, 2.45) is 0 Å². The number of carboxylic acid groups (broad SMARTS) is 1. The summed E-state index contributed by atoms with van der Waals surface area (Å²) in [5, 5.41) is 12.3. The second-order valence-electron chi connectivity index (χ2n) is 3.73. The van der Waals surface area contributed by atoms with Crippen molar-refractivity contribution in [3.8, 4) is 0 Å². The first-order valence-electron chi connectivity index (χ1n) is 5.68. The summed E-state index contributed by atoms with van der Waals surface area (Å²) in [5.74, 6) is -0.903. The average molecular weight is 271 g/mol. The molecule has 2 amide bonds. The lowest BCUT2D eigenvalue weighted by atomic mass is 10.4. The molecule has 0 unspecified atom stereocenters. The number of amides is 2. The van der Waals surface area contributed by atoms with Gasteiger partial charge in [0.25, 0.3) is 0 Å². The normalized spacial score (nSPS) is 10.1. The van der Waals surface area contributed by atoms with E-state index in [0.717, 1.165) is 9.88 Å². The second kappa shape index (κ2) is 6.95. The Morgan fingerprint density at radius 3 is 2.78 bits per heavy atom. The predicted octanol–water partition coefficient (Wildman–Crippen LogP) is 1.46. The molecule has 0 bridgehead atoms. The van der Waals surface area contributed by atoms with Gasteiger partial charge in [0, 0.05) is 24.2 Å². The lowest BCUT2D eigenvalue weighted by molar-refractivity contribution is -0.137. The number of hydrogen-bond donors (Lipinski definition) is 2. The van der Waals surface area contributed by atoms with Crippen molar-refractivity contribution in [2.75, 3.05) is 13.1 Å². The summed E-state index contributed by atoms with van der Waals surface area (Å²) in [6.45, 7) is 4.85. The molecule has 1 heterocycles. The molecule has 0 fully saturated rings. The largest absolute Gasteiger partial charge is 0.481 e. The molecule has 6 nitrogen and oxygen atoms in total. The SMILES string of the molecule is CCN(CCC(=O)O)C(=O)NCc1cnc(C)s1. The summed E-state index contributed by atoms with van der Waals surface area (Å²) in [6.07, 6.45) is 1.69. The van der Waals surface area contributed by atoms with E-state index in [4.69, 9.17) is 5.11 Å². The molecule has 18 heavy (non-hydrogen) atoms. The second-order valence-corrected chi connectivity index (χ2v) is 5.05. The number of aryl methyl sites for hydroxylation is 1. The van der Waals surface area contributed by atoms with Crippen LogP contribution in [0.4, 0.5) is 4.79 Å². The van der Waals surface area contributed by atoms with E-state index in [2.05, 4.69) is 10.3 Å². The molecule has 0 spiro atoms. The molecular formula is C11H17N3O3S. The number of aromatic nitrogens is 1. The number of nitrogens with zero attached hydrogens (tertiary/aromatic N) is 2. The Hall–Kier alpha value is -1.63. The highest BCUT2D eigenvalue weighted by Gasteiger charge is 2.12. The molecule has 0 aromatic carbocycles. The van der Waals surface area contributed by atoms with Gasteiger partial charge in [-0.15, -0.1) is 11.3 Å². The number of rotatable bonds is 6. The van der Waals surface area contributed by atoms with Gasteiger partial charge in [-0.2, -0.15) is 0 Å². The number of hydrogen-bond acceptors (Lipinski definition) is 4. The number of carbonyl (C=O) groups excluding carboxylic acids is 1. The first-order chi connectivity index (χ1) is 8.52. The van der Waals surface area contributed by atoms with E-state index in [-0.39, 0.29) is 19.0 Å². The third-order valence-corrected chi connectivity index (χ3v) is 3.26. The van der Waals surface area contributed by atoms with Gasteiger partial charge in [0.05, 0.1) is 18.0 Å². The molecule has 1 aromatic heterocycles. The van der Waals surface area contributed by atoms with E-state index in [1.165, 1.54) is 16.2 Å². The van der Waals surface area contributed by atoms with Crippen LogP contribution in [0.1, 0.15) is 23.2 Å². The fraction of sp³-hybridized carbons (Fsp3) is 0.545. The quantitative estimate of drug-likeness (QED) is 0.820. The van der Waals surface area contributed by atoms with E-state index in [1.54, 1.807) is 6.20 Å². The highest BCUT2D eigenvalue weighted by atomic mass is 32.1. The summed E-state index contributed by atoms with van der Waals surface area (Å²) in [4.78, 5) is 28.8.